The molecule has 0 bridgehead atoms. The van der Waals surface area contributed by atoms with Crippen LogP contribution in [0.15, 0.2) is 12.1 Å². The van der Waals surface area contributed by atoms with Crippen molar-refractivity contribution in [1.29, 1.82) is 0 Å². The van der Waals surface area contributed by atoms with E-state index in [0.29, 0.717) is 52.9 Å². The van der Waals surface area contributed by atoms with Gasteiger partial charge in [-0.25, -0.2) is 0 Å². The molecule has 8 heteroatoms. The lowest BCUT2D eigenvalue weighted by atomic mass is 9.89. The molecular weight excluding hydrogens is 608 g/mol. The Morgan fingerprint density at radius 2 is 0.896 bits per heavy atom. The molecule has 0 saturated carbocycles. The summed E-state index contributed by atoms with van der Waals surface area (Å²) in [5.74, 6) is 2.20. The van der Waals surface area contributed by atoms with Crippen molar-refractivity contribution in [2.75, 3.05) is 52.9 Å². The molecule has 1 aliphatic rings. The van der Waals surface area contributed by atoms with Crippen molar-refractivity contribution in [2.24, 2.45) is 0 Å². The Labute approximate surface area is 294 Å². The molecule has 5 atom stereocenters. The highest BCUT2D eigenvalue weighted by Gasteiger charge is 2.50. The third-order valence-corrected chi connectivity index (χ3v) is 8.62. The predicted molar refractivity (Wildman–Crippen MR) is 195 cm³/mol. The Kier molecular flexibility index (Phi) is 24.1. The highest BCUT2D eigenvalue weighted by molar-refractivity contribution is 5.53. The summed E-state index contributed by atoms with van der Waals surface area (Å²) in [6.45, 7) is 20.0. The van der Waals surface area contributed by atoms with Crippen LogP contribution in [0.5, 0.6) is 17.2 Å². The lowest BCUT2D eigenvalue weighted by Gasteiger charge is -2.47. The molecule has 8 nitrogen and oxygen atoms in total. The number of benzene rings is 1. The Morgan fingerprint density at radius 1 is 0.479 bits per heavy atom. The van der Waals surface area contributed by atoms with Gasteiger partial charge in [-0.1, -0.05) is 93.4 Å². The molecule has 0 aromatic heterocycles. The summed E-state index contributed by atoms with van der Waals surface area (Å²) in [7, 11) is 0. The Balaban J connectivity index is 2.73. The first-order valence-electron chi connectivity index (χ1n) is 19.7. The molecule has 1 fully saturated rings. The van der Waals surface area contributed by atoms with Gasteiger partial charge in [-0.3, -0.25) is 0 Å². The van der Waals surface area contributed by atoms with Gasteiger partial charge in [-0.05, 0) is 44.9 Å². The van der Waals surface area contributed by atoms with Crippen molar-refractivity contribution in [3.8, 4) is 17.2 Å². The summed E-state index contributed by atoms with van der Waals surface area (Å²) in [4.78, 5) is 0. The second-order valence-electron chi connectivity index (χ2n) is 13.0. The van der Waals surface area contributed by atoms with Gasteiger partial charge >= 0.3 is 0 Å². The van der Waals surface area contributed by atoms with Crippen molar-refractivity contribution in [1.82, 2.24) is 0 Å². The molecular formula is C40H72O8. The second-order valence-corrected chi connectivity index (χ2v) is 13.0. The van der Waals surface area contributed by atoms with E-state index in [1.807, 2.05) is 12.1 Å². The Hall–Kier alpha value is -1.58. The summed E-state index contributed by atoms with van der Waals surface area (Å²) >= 11 is 0. The molecule has 1 saturated heterocycles. The van der Waals surface area contributed by atoms with Gasteiger partial charge < -0.3 is 37.9 Å². The van der Waals surface area contributed by atoms with Crippen LogP contribution in [0.4, 0.5) is 0 Å². The first-order valence-corrected chi connectivity index (χ1v) is 19.7. The van der Waals surface area contributed by atoms with Crippen molar-refractivity contribution < 1.29 is 37.9 Å². The van der Waals surface area contributed by atoms with Crippen LogP contribution >= 0.6 is 0 Å². The van der Waals surface area contributed by atoms with Crippen LogP contribution in [0.2, 0.25) is 0 Å². The molecule has 48 heavy (non-hydrogen) atoms. The van der Waals surface area contributed by atoms with Crippen LogP contribution in [0, 0.1) is 0 Å². The fourth-order valence-corrected chi connectivity index (χ4v) is 5.56. The minimum Gasteiger partial charge on any atom is -0.493 e. The predicted octanol–water partition coefficient (Wildman–Crippen LogP) is 10.0. The van der Waals surface area contributed by atoms with Crippen LogP contribution in [0.1, 0.15) is 150 Å². The largest absolute Gasteiger partial charge is 0.493 e. The number of rotatable bonds is 30. The fraction of sp³-hybridized carbons (Fsp3) is 0.850. The van der Waals surface area contributed by atoms with Crippen molar-refractivity contribution in [2.45, 2.75) is 169 Å². The summed E-state index contributed by atoms with van der Waals surface area (Å²) < 4.78 is 53.1. The minimum absolute atomic E-state index is 0.330. The molecule has 0 spiro atoms. The zero-order valence-corrected chi connectivity index (χ0v) is 31.9. The smallest absolute Gasteiger partial charge is 0.132 e. The van der Waals surface area contributed by atoms with Crippen molar-refractivity contribution in [3.05, 3.63) is 17.7 Å². The van der Waals surface area contributed by atoms with Crippen LogP contribution in [0.25, 0.3) is 0 Å². The monoisotopic (exact) mass is 681 g/mol. The molecule has 1 aromatic rings. The average Bonchev–Trinajstić information content (AvgIpc) is 3.09. The van der Waals surface area contributed by atoms with E-state index in [4.69, 9.17) is 37.9 Å². The van der Waals surface area contributed by atoms with Gasteiger partial charge in [0.15, 0.2) is 0 Å². The summed E-state index contributed by atoms with van der Waals surface area (Å²) in [5, 5.41) is 0. The van der Waals surface area contributed by atoms with Gasteiger partial charge in [0.1, 0.15) is 47.8 Å². The third kappa shape index (κ3) is 15.1. The van der Waals surface area contributed by atoms with Crippen molar-refractivity contribution in [3.63, 3.8) is 0 Å². The normalized spacial score (nSPS) is 21.0. The van der Waals surface area contributed by atoms with E-state index >= 15 is 0 Å². The SMILES string of the molecule is CCCCOCC1OC(c2c(OCCCC)cc(OCCCC)cc2OCCCC)C(OCCCC)C(OCCCC)C1OCCCC. The molecule has 0 radical (unpaired) electrons. The van der Waals surface area contributed by atoms with Crippen LogP contribution < -0.4 is 14.2 Å². The lowest BCUT2D eigenvalue weighted by molar-refractivity contribution is -0.268. The van der Waals surface area contributed by atoms with E-state index in [-0.39, 0.29) is 18.3 Å². The van der Waals surface area contributed by atoms with Gasteiger partial charge in [-0.2, -0.15) is 0 Å². The zero-order chi connectivity index (χ0) is 34.8. The molecule has 5 unspecified atom stereocenters. The van der Waals surface area contributed by atoms with E-state index in [9.17, 15) is 0 Å². The molecule has 0 N–H and O–H groups in total. The highest BCUT2D eigenvalue weighted by Crippen LogP contribution is 2.47. The van der Waals surface area contributed by atoms with Gasteiger partial charge in [0, 0.05) is 38.6 Å². The van der Waals surface area contributed by atoms with E-state index in [2.05, 4.69) is 48.5 Å². The molecule has 1 aliphatic heterocycles. The van der Waals surface area contributed by atoms with Crippen LogP contribution in [-0.2, 0) is 23.7 Å². The van der Waals surface area contributed by atoms with Crippen molar-refractivity contribution >= 4 is 0 Å². The maximum Gasteiger partial charge on any atom is 0.132 e. The topological polar surface area (TPSA) is 73.8 Å². The van der Waals surface area contributed by atoms with Gasteiger partial charge in [0.2, 0.25) is 0 Å². The van der Waals surface area contributed by atoms with E-state index in [0.717, 1.165) is 113 Å². The molecule has 0 aliphatic carbocycles. The summed E-state index contributed by atoms with van der Waals surface area (Å²) in [6.07, 6.45) is 12.1. The maximum absolute atomic E-state index is 7.15. The molecule has 280 valence electrons. The van der Waals surface area contributed by atoms with E-state index in [1.165, 1.54) is 0 Å². The molecule has 2 rings (SSSR count). The first-order chi connectivity index (χ1) is 23.6. The van der Waals surface area contributed by atoms with E-state index in [1.54, 1.807) is 0 Å². The lowest BCUT2D eigenvalue weighted by Crippen LogP contribution is -2.58. The molecule has 1 aromatic carbocycles. The standard InChI is InChI=1S/C40H72O8/c1-8-15-22-41-31-35-37(45-26-19-12-5)39(46-27-20-13-6)40(47-28-21-14-7)38(48-35)36-33(43-24-17-10-3)29-32(42-23-16-9-2)30-34(36)44-25-18-11-4/h29-30,35,37-40H,8-28,31H2,1-7H3. The van der Waals surface area contributed by atoms with E-state index < -0.39 is 12.2 Å². The third-order valence-electron chi connectivity index (χ3n) is 8.62. The summed E-state index contributed by atoms with van der Waals surface area (Å²) in [6, 6.07) is 4.03. The van der Waals surface area contributed by atoms with Crippen LogP contribution in [-0.4, -0.2) is 77.3 Å². The maximum atomic E-state index is 7.15. The zero-order valence-electron chi connectivity index (χ0n) is 31.9. The average molecular weight is 681 g/mol. The van der Waals surface area contributed by atoms with Gasteiger partial charge in [-0.15, -0.1) is 0 Å². The number of ether oxygens (including phenoxy) is 8. The number of hydrogen-bond donors (Lipinski definition) is 0. The van der Waals surface area contributed by atoms with Gasteiger partial charge in [0.25, 0.3) is 0 Å². The Morgan fingerprint density at radius 3 is 1.40 bits per heavy atom. The Bertz CT molecular complexity index is 880. The van der Waals surface area contributed by atoms with Gasteiger partial charge in [0.05, 0.1) is 32.0 Å². The minimum atomic E-state index is -0.516. The quantitative estimate of drug-likeness (QED) is 0.0744. The number of unbranched alkanes of at least 4 members (excludes halogenated alkanes) is 7. The molecule has 0 amide bonds. The van der Waals surface area contributed by atoms with Crippen LogP contribution in [0.3, 0.4) is 0 Å². The highest BCUT2D eigenvalue weighted by atomic mass is 16.6. The first kappa shape index (κ1) is 42.6. The summed E-state index contributed by atoms with van der Waals surface area (Å²) in [5.41, 5.74) is 0.862. The fourth-order valence-electron chi connectivity index (χ4n) is 5.56. The number of hydrogen-bond acceptors (Lipinski definition) is 8. The second kappa shape index (κ2) is 27.2. The molecule has 1 heterocycles.